The Labute approximate surface area is 71.8 Å². The predicted molar refractivity (Wildman–Crippen MR) is 43.1 cm³/mol. The Morgan fingerprint density at radius 1 is 1.42 bits per heavy atom. The number of rotatable bonds is 5. The van der Waals surface area contributed by atoms with Crippen LogP contribution in [0.2, 0.25) is 0 Å². The van der Waals surface area contributed by atoms with Crippen LogP contribution in [0.15, 0.2) is 12.2 Å². The molecule has 12 heavy (non-hydrogen) atoms. The van der Waals surface area contributed by atoms with Gasteiger partial charge in [0, 0.05) is 14.2 Å². The summed E-state index contributed by atoms with van der Waals surface area (Å²) in [6, 6.07) is 0. The van der Waals surface area contributed by atoms with Gasteiger partial charge in [0.2, 0.25) is 0 Å². The molecular weight excluding hydrogens is 160 g/mol. The third-order valence-corrected chi connectivity index (χ3v) is 1.23. The molecule has 1 unspecified atom stereocenters. The Kier molecular flexibility index (Phi) is 5.53. The van der Waals surface area contributed by atoms with Crippen molar-refractivity contribution < 1.29 is 19.4 Å². The Hall–Kier alpha value is -0.710. The fourth-order valence-electron chi connectivity index (χ4n) is 0.678. The van der Waals surface area contributed by atoms with Gasteiger partial charge in [0.15, 0.2) is 11.9 Å². The third-order valence-electron chi connectivity index (χ3n) is 1.23. The summed E-state index contributed by atoms with van der Waals surface area (Å²) in [6.45, 7) is 1.68. The molecule has 1 N–H and O–H groups in total. The Morgan fingerprint density at radius 3 is 2.25 bits per heavy atom. The van der Waals surface area contributed by atoms with E-state index in [0.29, 0.717) is 0 Å². The van der Waals surface area contributed by atoms with E-state index in [0.717, 1.165) is 0 Å². The highest BCUT2D eigenvalue weighted by atomic mass is 16.7. The Morgan fingerprint density at radius 2 is 1.92 bits per heavy atom. The van der Waals surface area contributed by atoms with E-state index in [9.17, 15) is 9.90 Å². The van der Waals surface area contributed by atoms with Gasteiger partial charge in [-0.15, -0.1) is 0 Å². The van der Waals surface area contributed by atoms with Crippen LogP contribution in [-0.2, 0) is 14.3 Å². The van der Waals surface area contributed by atoms with Gasteiger partial charge in [-0.3, -0.25) is 4.79 Å². The molecule has 0 fully saturated rings. The molecule has 0 amide bonds. The summed E-state index contributed by atoms with van der Waals surface area (Å²) in [5.41, 5.74) is 0. The van der Waals surface area contributed by atoms with Crippen LogP contribution in [0, 0.1) is 6.29 Å². The number of carbonyl (C=O) groups is 1. The number of allylic oxidation sites excluding steroid dienone is 1. The summed E-state index contributed by atoms with van der Waals surface area (Å²) < 4.78 is 9.24. The SMILES string of the molecule is CC=CC(=O)C(O)[C](OC)OC. The van der Waals surface area contributed by atoms with Crippen molar-refractivity contribution in [2.45, 2.75) is 13.0 Å². The quantitative estimate of drug-likeness (QED) is 0.606. The summed E-state index contributed by atoms with van der Waals surface area (Å²) in [6.07, 6.45) is 1.35. The number of ketones is 1. The normalized spacial score (nSPS) is 14.1. The highest BCUT2D eigenvalue weighted by Crippen LogP contribution is 2.09. The van der Waals surface area contributed by atoms with E-state index in [1.807, 2.05) is 0 Å². The van der Waals surface area contributed by atoms with Crippen LogP contribution in [0.3, 0.4) is 0 Å². The number of hydrogen-bond acceptors (Lipinski definition) is 4. The van der Waals surface area contributed by atoms with Gasteiger partial charge in [0.1, 0.15) is 0 Å². The van der Waals surface area contributed by atoms with Gasteiger partial charge in [-0.25, -0.2) is 0 Å². The van der Waals surface area contributed by atoms with E-state index in [4.69, 9.17) is 0 Å². The molecule has 0 aromatic heterocycles. The summed E-state index contributed by atoms with van der Waals surface area (Å²) in [7, 11) is 2.65. The maximum absolute atomic E-state index is 11.0. The van der Waals surface area contributed by atoms with Gasteiger partial charge >= 0.3 is 0 Å². The van der Waals surface area contributed by atoms with Gasteiger partial charge in [-0.1, -0.05) is 6.08 Å². The summed E-state index contributed by atoms with van der Waals surface area (Å²) in [5.74, 6) is -0.462. The van der Waals surface area contributed by atoms with Crippen molar-refractivity contribution >= 4 is 5.78 Å². The molecule has 4 nitrogen and oxygen atoms in total. The van der Waals surface area contributed by atoms with Crippen molar-refractivity contribution in [1.82, 2.24) is 0 Å². The highest BCUT2D eigenvalue weighted by molar-refractivity contribution is 5.94. The second-order valence-corrected chi connectivity index (χ2v) is 2.03. The summed E-state index contributed by atoms with van der Waals surface area (Å²) in [4.78, 5) is 11.0. The van der Waals surface area contributed by atoms with E-state index in [2.05, 4.69) is 9.47 Å². The molecule has 1 radical (unpaired) electrons. The van der Waals surface area contributed by atoms with Crippen LogP contribution in [-0.4, -0.2) is 31.2 Å². The van der Waals surface area contributed by atoms with Crippen LogP contribution in [0.25, 0.3) is 0 Å². The van der Waals surface area contributed by atoms with E-state index in [1.54, 1.807) is 6.92 Å². The summed E-state index contributed by atoms with van der Waals surface area (Å²) >= 11 is 0. The number of ether oxygens (including phenoxy) is 2. The van der Waals surface area contributed by atoms with Crippen LogP contribution in [0.4, 0.5) is 0 Å². The topological polar surface area (TPSA) is 55.8 Å². The van der Waals surface area contributed by atoms with Crippen LogP contribution < -0.4 is 0 Å². The molecule has 0 aliphatic heterocycles. The first kappa shape index (κ1) is 11.3. The zero-order chi connectivity index (χ0) is 9.56. The van der Waals surface area contributed by atoms with Crippen LogP contribution in [0.1, 0.15) is 6.92 Å². The van der Waals surface area contributed by atoms with Gasteiger partial charge in [0.25, 0.3) is 6.29 Å². The fourth-order valence-corrected chi connectivity index (χ4v) is 0.678. The first-order valence-corrected chi connectivity index (χ1v) is 3.46. The van der Waals surface area contributed by atoms with E-state index in [-0.39, 0.29) is 6.29 Å². The molecule has 0 spiro atoms. The number of hydrogen-bond donors (Lipinski definition) is 1. The molecule has 0 aromatic rings. The van der Waals surface area contributed by atoms with Crippen molar-refractivity contribution in [1.29, 1.82) is 0 Å². The van der Waals surface area contributed by atoms with Crippen LogP contribution in [0.5, 0.6) is 0 Å². The number of aliphatic hydroxyl groups is 1. The molecule has 0 aliphatic carbocycles. The lowest BCUT2D eigenvalue weighted by molar-refractivity contribution is -0.133. The molecule has 0 saturated carbocycles. The minimum absolute atomic E-state index is 0.0990. The van der Waals surface area contributed by atoms with Crippen molar-refractivity contribution in [2.24, 2.45) is 0 Å². The van der Waals surface area contributed by atoms with Gasteiger partial charge in [-0.2, -0.15) is 0 Å². The highest BCUT2D eigenvalue weighted by Gasteiger charge is 2.25. The smallest absolute Gasteiger partial charge is 0.261 e. The first-order chi connectivity index (χ1) is 5.67. The second kappa shape index (κ2) is 5.88. The minimum Gasteiger partial charge on any atom is -0.379 e. The largest absolute Gasteiger partial charge is 0.379 e. The maximum atomic E-state index is 11.0. The van der Waals surface area contributed by atoms with Crippen molar-refractivity contribution in [3.8, 4) is 0 Å². The standard InChI is InChI=1S/C8H13O4/c1-4-5-6(9)7(10)8(11-2)12-3/h4-5,7,10H,1-3H3. The zero-order valence-electron chi connectivity index (χ0n) is 7.40. The van der Waals surface area contributed by atoms with E-state index in [1.165, 1.54) is 26.4 Å². The lowest BCUT2D eigenvalue weighted by atomic mass is 10.2. The van der Waals surface area contributed by atoms with Crippen molar-refractivity contribution in [3.63, 3.8) is 0 Å². The molecule has 0 saturated heterocycles. The molecule has 0 bridgehead atoms. The zero-order valence-corrected chi connectivity index (χ0v) is 7.40. The van der Waals surface area contributed by atoms with Crippen molar-refractivity contribution in [3.05, 3.63) is 18.4 Å². The second-order valence-electron chi connectivity index (χ2n) is 2.03. The number of aliphatic hydroxyl groups excluding tert-OH is 1. The average molecular weight is 173 g/mol. The molecule has 0 aromatic carbocycles. The van der Waals surface area contributed by atoms with Crippen LogP contribution >= 0.6 is 0 Å². The molecule has 69 valence electrons. The Balaban J connectivity index is 4.15. The number of methoxy groups -OCH3 is 2. The van der Waals surface area contributed by atoms with Gasteiger partial charge in [-0.05, 0) is 13.0 Å². The van der Waals surface area contributed by atoms with E-state index < -0.39 is 11.9 Å². The average Bonchev–Trinajstić information content (AvgIpc) is 2.07. The van der Waals surface area contributed by atoms with Gasteiger partial charge in [0.05, 0.1) is 0 Å². The maximum Gasteiger partial charge on any atom is 0.261 e. The molecule has 1 atom stereocenters. The molecule has 0 aliphatic rings. The molecular formula is C8H13O4. The van der Waals surface area contributed by atoms with Crippen molar-refractivity contribution in [2.75, 3.05) is 14.2 Å². The molecule has 0 rings (SSSR count). The van der Waals surface area contributed by atoms with E-state index >= 15 is 0 Å². The lowest BCUT2D eigenvalue weighted by Crippen LogP contribution is -2.29. The first-order valence-electron chi connectivity index (χ1n) is 3.46. The Bertz CT molecular complexity index is 160. The number of carbonyl (C=O) groups excluding carboxylic acids is 1. The third kappa shape index (κ3) is 3.13. The summed E-state index contributed by atoms with van der Waals surface area (Å²) in [5, 5.41) is 9.22. The predicted octanol–water partition coefficient (Wildman–Crippen LogP) is 0.275. The molecule has 0 heterocycles. The molecule has 4 heteroatoms. The minimum atomic E-state index is -1.34. The lowest BCUT2D eigenvalue weighted by Gasteiger charge is -2.14. The monoisotopic (exact) mass is 173 g/mol. The fraction of sp³-hybridized carbons (Fsp3) is 0.500. The van der Waals surface area contributed by atoms with Gasteiger partial charge < -0.3 is 14.6 Å².